The van der Waals surface area contributed by atoms with Crippen molar-refractivity contribution in [1.29, 1.82) is 5.26 Å². The number of thioether (sulfide) groups is 1. The summed E-state index contributed by atoms with van der Waals surface area (Å²) in [6.07, 6.45) is -4.87. The fourth-order valence-corrected chi connectivity index (χ4v) is 5.56. The summed E-state index contributed by atoms with van der Waals surface area (Å²) < 4.78 is 66.5. The van der Waals surface area contributed by atoms with Gasteiger partial charge in [-0.2, -0.15) is 18.4 Å². The van der Waals surface area contributed by atoms with Crippen molar-refractivity contribution in [2.45, 2.75) is 29.4 Å². The molecule has 0 unspecified atom stereocenters. The number of carbonyl (C=O) groups excluding carboxylic acids is 2. The van der Waals surface area contributed by atoms with E-state index in [0.717, 1.165) is 24.8 Å². The summed E-state index contributed by atoms with van der Waals surface area (Å²) in [4.78, 5) is 27.9. The Labute approximate surface area is 212 Å². The molecule has 0 bridgehead atoms. The van der Waals surface area contributed by atoms with E-state index in [1.165, 1.54) is 35.6 Å². The fraction of sp³-hybridized carbons (Fsp3) is 0.182. The number of nitrogens with one attached hydrogen (secondary N) is 2. The topological polar surface area (TPSA) is 129 Å². The molecule has 0 aliphatic carbocycles. The van der Waals surface area contributed by atoms with Crippen LogP contribution in [0.4, 0.5) is 18.9 Å². The number of aromatic nitrogens is 1. The highest BCUT2D eigenvalue weighted by Crippen LogP contribution is 2.38. The molecule has 3 rings (SSSR count). The zero-order valence-corrected chi connectivity index (χ0v) is 20.9. The average Bonchev–Trinajstić information content (AvgIpc) is 3.32. The Morgan fingerprint density at radius 2 is 1.89 bits per heavy atom. The Kier molecular flexibility index (Phi) is 8.39. The van der Waals surface area contributed by atoms with Crippen molar-refractivity contribution >= 4 is 50.6 Å². The molecule has 0 saturated heterocycles. The predicted molar refractivity (Wildman–Crippen MR) is 129 cm³/mol. The average molecular weight is 555 g/mol. The monoisotopic (exact) mass is 554 g/mol. The van der Waals surface area contributed by atoms with Gasteiger partial charge in [0.05, 0.1) is 26.6 Å². The summed E-state index contributed by atoms with van der Waals surface area (Å²) in [6.45, 7) is 1.06. The summed E-state index contributed by atoms with van der Waals surface area (Å²) in [5.41, 5.74) is -1.34. The molecule has 2 aromatic heterocycles. The first-order chi connectivity index (χ1) is 16.9. The molecule has 2 heterocycles. The van der Waals surface area contributed by atoms with Crippen LogP contribution in [0.1, 0.15) is 24.5 Å². The molecule has 0 atom stereocenters. The lowest BCUT2D eigenvalue weighted by Crippen LogP contribution is -2.28. The number of amides is 2. The molecule has 1 aromatic carbocycles. The number of carbonyl (C=O) groups is 2. The van der Waals surface area contributed by atoms with Crippen LogP contribution in [0, 0.1) is 11.3 Å². The molecular formula is C22H17F3N4O4S3. The summed E-state index contributed by atoms with van der Waals surface area (Å²) in [5.74, 6) is -1.20. The maximum absolute atomic E-state index is 13.6. The van der Waals surface area contributed by atoms with E-state index in [2.05, 4.69) is 10.3 Å². The molecule has 3 aromatic rings. The van der Waals surface area contributed by atoms with Gasteiger partial charge in [-0.3, -0.25) is 9.59 Å². The van der Waals surface area contributed by atoms with Gasteiger partial charge in [0.25, 0.3) is 10.0 Å². The Hall–Kier alpha value is -3.41. The third-order valence-electron chi connectivity index (χ3n) is 4.47. The van der Waals surface area contributed by atoms with Crippen LogP contribution in [0.25, 0.3) is 10.6 Å². The first-order valence-electron chi connectivity index (χ1n) is 10.0. The van der Waals surface area contributed by atoms with Crippen LogP contribution in [-0.4, -0.2) is 31.0 Å². The predicted octanol–water partition coefficient (Wildman–Crippen LogP) is 4.65. The molecule has 8 nitrogen and oxygen atoms in total. The van der Waals surface area contributed by atoms with Gasteiger partial charge in [0.2, 0.25) is 11.8 Å². The molecule has 0 aliphatic heterocycles. The van der Waals surface area contributed by atoms with Crippen LogP contribution in [0.15, 0.2) is 57.8 Å². The maximum Gasteiger partial charge on any atom is 0.417 e. The second kappa shape index (κ2) is 11.1. The highest BCUT2D eigenvalue weighted by Gasteiger charge is 2.36. The van der Waals surface area contributed by atoms with Gasteiger partial charge in [-0.15, -0.1) is 23.1 Å². The smallest absolute Gasteiger partial charge is 0.326 e. The highest BCUT2D eigenvalue weighted by atomic mass is 32.2. The molecule has 0 saturated carbocycles. The van der Waals surface area contributed by atoms with E-state index in [0.29, 0.717) is 4.88 Å². The number of halogens is 3. The Balaban J connectivity index is 1.70. The summed E-state index contributed by atoms with van der Waals surface area (Å²) >= 11 is 2.06. The van der Waals surface area contributed by atoms with Crippen LogP contribution in [0.3, 0.4) is 0 Å². The lowest BCUT2D eigenvalue weighted by Gasteiger charge is -2.13. The number of benzene rings is 1. The number of rotatable bonds is 8. The van der Waals surface area contributed by atoms with Crippen molar-refractivity contribution < 1.29 is 31.2 Å². The number of alkyl halides is 3. The van der Waals surface area contributed by atoms with Crippen LogP contribution in [0.5, 0.6) is 0 Å². The number of sulfonamides is 1. The maximum atomic E-state index is 13.6. The summed E-state index contributed by atoms with van der Waals surface area (Å²) in [5, 5.41) is 13.5. The first kappa shape index (κ1) is 27.2. The number of hydrogen-bond donors (Lipinski definition) is 2. The number of nitrogens with zero attached hydrogens (tertiary/aromatic N) is 2. The minimum atomic E-state index is -4.76. The number of hydrogen-bond acceptors (Lipinski definition) is 8. The Morgan fingerprint density at radius 1 is 1.19 bits per heavy atom. The fourth-order valence-electron chi connectivity index (χ4n) is 2.94. The number of anilines is 1. The number of thiophene rings is 1. The van der Waals surface area contributed by atoms with Gasteiger partial charge in [-0.05, 0) is 41.8 Å². The van der Waals surface area contributed by atoms with Gasteiger partial charge in [0.1, 0.15) is 11.1 Å². The zero-order valence-electron chi connectivity index (χ0n) is 18.4. The van der Waals surface area contributed by atoms with Crippen LogP contribution in [-0.2, 0) is 25.8 Å². The molecule has 14 heteroatoms. The van der Waals surface area contributed by atoms with Gasteiger partial charge in [0, 0.05) is 24.8 Å². The molecule has 36 heavy (non-hydrogen) atoms. The SMILES string of the molecule is CC(=O)NS(=O)(=O)c1ccc(NC(=O)CCSc2nc(-c3cccs3)cc(C(F)(F)F)c2C#N)cc1. The van der Waals surface area contributed by atoms with Gasteiger partial charge in [0.15, 0.2) is 0 Å². The van der Waals surface area contributed by atoms with Crippen molar-refractivity contribution in [2.24, 2.45) is 0 Å². The van der Waals surface area contributed by atoms with Gasteiger partial charge in [-0.1, -0.05) is 6.07 Å². The van der Waals surface area contributed by atoms with Crippen LogP contribution < -0.4 is 10.0 Å². The van der Waals surface area contributed by atoms with Gasteiger partial charge in [-0.25, -0.2) is 18.1 Å². The molecule has 188 valence electrons. The first-order valence-corrected chi connectivity index (χ1v) is 13.4. The van der Waals surface area contributed by atoms with E-state index in [1.54, 1.807) is 23.6 Å². The van der Waals surface area contributed by atoms with E-state index >= 15 is 0 Å². The Morgan fingerprint density at radius 3 is 2.44 bits per heavy atom. The molecule has 2 N–H and O–H groups in total. The zero-order chi connectivity index (χ0) is 26.5. The van der Waals surface area contributed by atoms with Crippen LogP contribution >= 0.6 is 23.1 Å². The molecule has 0 radical (unpaired) electrons. The third-order valence-corrected chi connectivity index (χ3v) is 7.79. The standard InChI is InChI=1S/C22H17F3N4O4S3/c1-13(30)29-36(32,33)15-6-4-14(5-7-15)27-20(31)8-10-35-21-16(12-26)17(22(23,24)25)11-18(28-21)19-3-2-9-34-19/h2-7,9,11H,8,10H2,1H3,(H,27,31)(H,29,30). The van der Waals surface area contributed by atoms with Crippen molar-refractivity contribution in [3.63, 3.8) is 0 Å². The molecule has 2 amide bonds. The lowest BCUT2D eigenvalue weighted by molar-refractivity contribution is -0.138. The van der Waals surface area contributed by atoms with E-state index in [-0.39, 0.29) is 33.5 Å². The quantitative estimate of drug-likeness (QED) is 0.388. The van der Waals surface area contributed by atoms with E-state index in [4.69, 9.17) is 0 Å². The molecular weight excluding hydrogens is 537 g/mol. The van der Waals surface area contributed by atoms with Crippen molar-refractivity contribution in [3.8, 4) is 16.6 Å². The second-order valence-corrected chi connectivity index (χ2v) is 10.9. The van der Waals surface area contributed by atoms with E-state index in [9.17, 15) is 36.4 Å². The number of pyridine rings is 1. The highest BCUT2D eigenvalue weighted by molar-refractivity contribution is 7.99. The second-order valence-electron chi connectivity index (χ2n) is 7.15. The third kappa shape index (κ3) is 6.84. The van der Waals surface area contributed by atoms with Crippen molar-refractivity contribution in [1.82, 2.24) is 9.71 Å². The Bertz CT molecular complexity index is 1420. The van der Waals surface area contributed by atoms with Gasteiger partial charge >= 0.3 is 6.18 Å². The number of nitriles is 1. The van der Waals surface area contributed by atoms with E-state index in [1.807, 2.05) is 4.72 Å². The van der Waals surface area contributed by atoms with Crippen LogP contribution in [0.2, 0.25) is 0 Å². The molecule has 0 spiro atoms. The summed E-state index contributed by atoms with van der Waals surface area (Å²) in [6, 6.07) is 10.8. The van der Waals surface area contributed by atoms with Crippen molar-refractivity contribution in [3.05, 3.63) is 59.0 Å². The van der Waals surface area contributed by atoms with Gasteiger partial charge < -0.3 is 5.32 Å². The minimum absolute atomic E-state index is 0.0354. The molecule has 0 fully saturated rings. The minimum Gasteiger partial charge on any atom is -0.326 e. The largest absolute Gasteiger partial charge is 0.417 e. The van der Waals surface area contributed by atoms with E-state index < -0.39 is 39.1 Å². The van der Waals surface area contributed by atoms with Crippen molar-refractivity contribution in [2.75, 3.05) is 11.1 Å². The normalized spacial score (nSPS) is 11.5. The lowest BCUT2D eigenvalue weighted by atomic mass is 10.1. The molecule has 0 aliphatic rings. The summed E-state index contributed by atoms with van der Waals surface area (Å²) in [7, 11) is -4.02.